The van der Waals surface area contributed by atoms with Gasteiger partial charge in [0.25, 0.3) is 0 Å². The highest BCUT2D eigenvalue weighted by molar-refractivity contribution is 6.20. The average molecular weight is 702 g/mol. The first-order valence-electron chi connectivity index (χ1n) is 21.1. The molecule has 0 N–H and O–H groups in total. The van der Waals surface area contributed by atoms with Crippen LogP contribution in [0.1, 0.15) is 29.1 Å². The molecular formula is C53H32N2. The van der Waals surface area contributed by atoms with E-state index >= 15 is 0 Å². The van der Waals surface area contributed by atoms with Gasteiger partial charge in [-0.1, -0.05) is 182 Å². The lowest BCUT2D eigenvalue weighted by Crippen LogP contribution is -2.26. The standard InChI is InChI=1S/C53H32N2/c1-2-14-33(15-3-1)34-26-28-35(29-27-34)51-43-22-10-13-25-48(43)54-52(55-51)36-30-31-47-44(32-36)39-18-8-11-23-45(39)53(47)46-24-12-9-21-42(46)49-40-19-6-4-16-37(40)38-17-5-7-20-41(38)50(49)53/h1-32H/i1D,2D,3D,14D,15D. The Morgan fingerprint density at radius 3 is 1.75 bits per heavy atom. The van der Waals surface area contributed by atoms with E-state index in [-0.39, 0.29) is 29.7 Å². The van der Waals surface area contributed by atoms with E-state index < -0.39 is 11.5 Å². The number of aromatic nitrogens is 2. The molecule has 1 unspecified atom stereocenters. The molecule has 0 saturated heterocycles. The molecule has 0 aliphatic heterocycles. The molecule has 1 heterocycles. The molecule has 1 spiro atoms. The van der Waals surface area contributed by atoms with Crippen LogP contribution in [0.3, 0.4) is 0 Å². The lowest BCUT2D eigenvalue weighted by atomic mass is 9.69. The SMILES string of the molecule is [2H]c1c([2H])c([2H])c(-c2ccc(-c3nc(-c4ccc5c(c4)-c4ccccc4C54c5ccccc5-c5c4c4ccccc4c4ccccc54)nc4ccccc34)cc2)c([2H])c1[2H]. The third-order valence-corrected chi connectivity index (χ3v) is 11.8. The monoisotopic (exact) mass is 701 g/mol. The van der Waals surface area contributed by atoms with Crippen molar-refractivity contribution in [3.63, 3.8) is 0 Å². The van der Waals surface area contributed by atoms with Crippen LogP contribution in [-0.4, -0.2) is 9.97 Å². The van der Waals surface area contributed by atoms with E-state index in [1.165, 1.54) is 60.5 Å². The quantitative estimate of drug-likeness (QED) is 0.171. The van der Waals surface area contributed by atoms with Crippen LogP contribution in [-0.2, 0) is 5.41 Å². The predicted octanol–water partition coefficient (Wildman–Crippen LogP) is 13.3. The van der Waals surface area contributed by atoms with Gasteiger partial charge in [0, 0.05) is 16.5 Å². The summed E-state index contributed by atoms with van der Waals surface area (Å²) in [7, 11) is 0. The van der Waals surface area contributed by atoms with Gasteiger partial charge in [0.05, 0.1) is 23.5 Å². The zero-order valence-electron chi connectivity index (χ0n) is 34.5. The Morgan fingerprint density at radius 2 is 0.964 bits per heavy atom. The molecule has 12 rings (SSSR count). The Bertz CT molecular complexity index is 3480. The Hall–Kier alpha value is -7.16. The summed E-state index contributed by atoms with van der Waals surface area (Å²) in [6.07, 6.45) is 0. The fourth-order valence-electron chi connectivity index (χ4n) is 9.57. The molecule has 1 aromatic heterocycles. The van der Waals surface area contributed by atoms with Crippen molar-refractivity contribution in [1.29, 1.82) is 0 Å². The summed E-state index contributed by atoms with van der Waals surface area (Å²) in [5, 5.41) is 5.92. The van der Waals surface area contributed by atoms with Gasteiger partial charge in [-0.25, -0.2) is 9.97 Å². The topological polar surface area (TPSA) is 25.8 Å². The fourth-order valence-corrected chi connectivity index (χ4v) is 9.57. The molecule has 1 atom stereocenters. The van der Waals surface area contributed by atoms with Crippen molar-refractivity contribution < 1.29 is 6.85 Å². The number of hydrogen-bond donors (Lipinski definition) is 0. The lowest BCUT2D eigenvalue weighted by Gasteiger charge is -2.31. The van der Waals surface area contributed by atoms with Crippen molar-refractivity contribution in [3.05, 3.63) is 216 Å². The molecule has 2 aliphatic rings. The number of benzene rings is 9. The molecule has 0 bridgehead atoms. The lowest BCUT2D eigenvalue weighted by molar-refractivity contribution is 0.802. The van der Waals surface area contributed by atoms with E-state index in [2.05, 4.69) is 115 Å². The first-order valence-corrected chi connectivity index (χ1v) is 18.6. The van der Waals surface area contributed by atoms with Gasteiger partial charge in [-0.05, 0) is 89.3 Å². The average Bonchev–Trinajstić information content (AvgIpc) is 3.78. The summed E-state index contributed by atoms with van der Waals surface area (Å²) in [5.41, 5.74) is 13.5. The Balaban J connectivity index is 1.07. The molecule has 55 heavy (non-hydrogen) atoms. The maximum Gasteiger partial charge on any atom is 0.160 e. The van der Waals surface area contributed by atoms with Gasteiger partial charge in [0.1, 0.15) is 0 Å². The van der Waals surface area contributed by atoms with Gasteiger partial charge in [0.15, 0.2) is 5.82 Å². The molecule has 0 amide bonds. The summed E-state index contributed by atoms with van der Waals surface area (Å²) >= 11 is 0. The molecular weight excluding hydrogens is 665 g/mol. The molecule has 0 radical (unpaired) electrons. The second-order valence-electron chi connectivity index (χ2n) is 14.4. The van der Waals surface area contributed by atoms with Crippen molar-refractivity contribution in [2.45, 2.75) is 5.41 Å². The van der Waals surface area contributed by atoms with Crippen LogP contribution in [0.5, 0.6) is 0 Å². The van der Waals surface area contributed by atoms with Gasteiger partial charge < -0.3 is 0 Å². The minimum atomic E-state index is -0.544. The van der Waals surface area contributed by atoms with Crippen LogP contribution in [0.25, 0.3) is 88.5 Å². The molecule has 10 aromatic rings. The molecule has 2 heteroatoms. The summed E-state index contributed by atoms with van der Waals surface area (Å²) in [6.45, 7) is 0. The van der Waals surface area contributed by atoms with Crippen LogP contribution < -0.4 is 0 Å². The van der Waals surface area contributed by atoms with Crippen molar-refractivity contribution in [1.82, 2.24) is 9.97 Å². The second-order valence-corrected chi connectivity index (χ2v) is 14.4. The molecule has 9 aromatic carbocycles. The number of para-hydroxylation sites is 1. The zero-order chi connectivity index (χ0) is 40.4. The van der Waals surface area contributed by atoms with Crippen LogP contribution in [0.4, 0.5) is 0 Å². The largest absolute Gasteiger partial charge is 0.228 e. The molecule has 254 valence electrons. The van der Waals surface area contributed by atoms with Crippen LogP contribution >= 0.6 is 0 Å². The van der Waals surface area contributed by atoms with Crippen LogP contribution in [0, 0.1) is 0 Å². The van der Waals surface area contributed by atoms with E-state index in [1.807, 2.05) is 36.4 Å². The normalized spacial score (nSPS) is 16.3. The highest BCUT2D eigenvalue weighted by atomic mass is 14.9. The fraction of sp³-hybridized carbons (Fsp3) is 0.0189. The van der Waals surface area contributed by atoms with Crippen LogP contribution in [0.2, 0.25) is 0 Å². The van der Waals surface area contributed by atoms with Crippen molar-refractivity contribution >= 4 is 32.4 Å². The van der Waals surface area contributed by atoms with Crippen molar-refractivity contribution in [3.8, 4) is 56.0 Å². The summed E-state index contributed by atoms with van der Waals surface area (Å²) in [5.74, 6) is 0.600. The number of hydrogen-bond acceptors (Lipinski definition) is 2. The van der Waals surface area contributed by atoms with Gasteiger partial charge in [-0.15, -0.1) is 0 Å². The zero-order valence-corrected chi connectivity index (χ0v) is 29.5. The Labute approximate surface area is 326 Å². The van der Waals surface area contributed by atoms with Gasteiger partial charge in [0.2, 0.25) is 0 Å². The number of nitrogens with zero attached hydrogens (tertiary/aromatic N) is 2. The third-order valence-electron chi connectivity index (χ3n) is 11.8. The minimum absolute atomic E-state index is 0.172. The highest BCUT2D eigenvalue weighted by Gasteiger charge is 2.53. The smallest absolute Gasteiger partial charge is 0.160 e. The van der Waals surface area contributed by atoms with E-state index in [4.69, 9.17) is 16.8 Å². The Kier molecular flexibility index (Phi) is 5.35. The number of rotatable bonds is 3. The molecule has 0 saturated carbocycles. The summed E-state index contributed by atoms with van der Waals surface area (Å²) in [4.78, 5) is 10.4. The summed E-state index contributed by atoms with van der Waals surface area (Å²) < 4.78 is 41.5. The van der Waals surface area contributed by atoms with Crippen LogP contribution in [0.15, 0.2) is 194 Å². The van der Waals surface area contributed by atoms with E-state index in [0.717, 1.165) is 33.3 Å². The van der Waals surface area contributed by atoms with E-state index in [1.54, 1.807) is 12.1 Å². The van der Waals surface area contributed by atoms with Crippen molar-refractivity contribution in [2.24, 2.45) is 0 Å². The van der Waals surface area contributed by atoms with E-state index in [0.29, 0.717) is 11.4 Å². The molecule has 2 nitrogen and oxygen atoms in total. The van der Waals surface area contributed by atoms with Crippen molar-refractivity contribution in [2.75, 3.05) is 0 Å². The maximum absolute atomic E-state index is 8.52. The van der Waals surface area contributed by atoms with E-state index in [9.17, 15) is 0 Å². The summed E-state index contributed by atoms with van der Waals surface area (Å²) in [6, 6.07) is 56.0. The minimum Gasteiger partial charge on any atom is -0.228 e. The third kappa shape index (κ3) is 4.14. The van der Waals surface area contributed by atoms with Gasteiger partial charge >= 0.3 is 0 Å². The first kappa shape index (κ1) is 25.8. The molecule has 0 fully saturated rings. The highest BCUT2D eigenvalue weighted by Crippen LogP contribution is 2.65. The Morgan fingerprint density at radius 1 is 0.400 bits per heavy atom. The number of fused-ring (bicyclic) bond motifs is 16. The van der Waals surface area contributed by atoms with Gasteiger partial charge in [-0.2, -0.15) is 0 Å². The first-order chi connectivity index (χ1) is 29.4. The second kappa shape index (κ2) is 11.4. The van der Waals surface area contributed by atoms with Gasteiger partial charge in [-0.3, -0.25) is 0 Å². The molecule has 2 aliphatic carbocycles. The predicted molar refractivity (Wildman–Crippen MR) is 227 cm³/mol. The maximum atomic E-state index is 8.52.